The van der Waals surface area contributed by atoms with Gasteiger partial charge in [-0.05, 0) is 44.4 Å². The maximum atomic E-state index is 12.7. The topological polar surface area (TPSA) is 26.3 Å². The molecule has 0 spiro atoms. The van der Waals surface area contributed by atoms with Crippen LogP contribution in [0.25, 0.3) is 0 Å². The largest absolute Gasteiger partial charge is 0.459 e. The molecule has 0 heterocycles. The third-order valence-electron chi connectivity index (χ3n) is 6.19. The summed E-state index contributed by atoms with van der Waals surface area (Å²) in [6.07, 6.45) is 22.7. The van der Waals surface area contributed by atoms with Crippen molar-refractivity contribution in [1.29, 1.82) is 0 Å². The lowest BCUT2D eigenvalue weighted by molar-refractivity contribution is -0.145. The van der Waals surface area contributed by atoms with Crippen molar-refractivity contribution in [2.75, 3.05) is 0 Å². The first-order valence-corrected chi connectivity index (χ1v) is 11.2. The number of esters is 1. The minimum absolute atomic E-state index is 0.0934. The molecule has 0 atom stereocenters. The van der Waals surface area contributed by atoms with Crippen LogP contribution in [0.5, 0.6) is 0 Å². The first-order chi connectivity index (χ1) is 12.3. The predicted octanol–water partition coefficient (Wildman–Crippen LogP) is 7.12. The second-order valence-electron chi connectivity index (χ2n) is 8.35. The Hall–Kier alpha value is -0.790. The zero-order valence-corrected chi connectivity index (χ0v) is 16.4. The van der Waals surface area contributed by atoms with Gasteiger partial charge >= 0.3 is 5.97 Å². The minimum Gasteiger partial charge on any atom is -0.459 e. The van der Waals surface area contributed by atoms with Gasteiger partial charge < -0.3 is 4.74 Å². The molecule has 2 rings (SSSR count). The number of carbonyl (C=O) groups excluding carboxylic acids is 1. The molecule has 0 radical (unpaired) electrons. The van der Waals surface area contributed by atoms with Gasteiger partial charge in [-0.25, -0.2) is 4.79 Å². The van der Waals surface area contributed by atoms with Crippen molar-refractivity contribution in [2.45, 2.75) is 122 Å². The summed E-state index contributed by atoms with van der Waals surface area (Å²) in [5.74, 6) is 0.259. The molecule has 0 bridgehead atoms. The van der Waals surface area contributed by atoms with E-state index >= 15 is 0 Å². The summed E-state index contributed by atoms with van der Waals surface area (Å²) in [5, 5.41) is 0. The maximum Gasteiger partial charge on any atom is 0.333 e. The van der Waals surface area contributed by atoms with Crippen LogP contribution in [-0.2, 0) is 9.53 Å². The van der Waals surface area contributed by atoms with Gasteiger partial charge in [0.15, 0.2) is 0 Å². The van der Waals surface area contributed by atoms with E-state index in [0.717, 1.165) is 31.3 Å². The van der Waals surface area contributed by atoms with E-state index in [2.05, 4.69) is 6.58 Å². The summed E-state index contributed by atoms with van der Waals surface area (Å²) >= 11 is 0. The van der Waals surface area contributed by atoms with E-state index in [9.17, 15) is 4.79 Å². The van der Waals surface area contributed by atoms with Gasteiger partial charge in [0.2, 0.25) is 0 Å². The zero-order valence-electron chi connectivity index (χ0n) is 16.4. The van der Waals surface area contributed by atoms with Gasteiger partial charge in [-0.1, -0.05) is 83.6 Å². The lowest BCUT2D eigenvalue weighted by Crippen LogP contribution is -2.23. The van der Waals surface area contributed by atoms with E-state index in [1.165, 1.54) is 89.9 Å². The first-order valence-electron chi connectivity index (χ1n) is 11.2. The van der Waals surface area contributed by atoms with Crippen LogP contribution in [-0.4, -0.2) is 12.1 Å². The van der Waals surface area contributed by atoms with Gasteiger partial charge in [0.1, 0.15) is 6.10 Å². The van der Waals surface area contributed by atoms with Gasteiger partial charge in [0.25, 0.3) is 0 Å². The maximum absolute atomic E-state index is 12.7. The van der Waals surface area contributed by atoms with E-state index in [-0.39, 0.29) is 12.1 Å². The van der Waals surface area contributed by atoms with Crippen LogP contribution in [0.4, 0.5) is 0 Å². The van der Waals surface area contributed by atoms with Crippen LogP contribution >= 0.6 is 0 Å². The van der Waals surface area contributed by atoms with Gasteiger partial charge in [-0.2, -0.15) is 0 Å². The monoisotopic (exact) mass is 348 g/mol. The summed E-state index contributed by atoms with van der Waals surface area (Å²) < 4.78 is 5.93. The van der Waals surface area contributed by atoms with Crippen molar-refractivity contribution < 1.29 is 9.53 Å². The zero-order chi connectivity index (χ0) is 17.7. The molecular formula is C23H40O2. The Morgan fingerprint density at radius 1 is 0.600 bits per heavy atom. The molecular weight excluding hydrogens is 308 g/mol. The van der Waals surface area contributed by atoms with Crippen molar-refractivity contribution >= 4 is 5.97 Å². The smallest absolute Gasteiger partial charge is 0.333 e. The molecule has 0 unspecified atom stereocenters. The molecule has 0 N–H and O–H groups in total. The van der Waals surface area contributed by atoms with Crippen molar-refractivity contribution in [1.82, 2.24) is 0 Å². The summed E-state index contributed by atoms with van der Waals surface area (Å²) in [4.78, 5) is 12.7. The van der Waals surface area contributed by atoms with Crippen molar-refractivity contribution in [3.8, 4) is 0 Å². The first kappa shape index (κ1) is 20.5. The molecule has 2 aliphatic rings. The van der Waals surface area contributed by atoms with E-state index in [1.807, 2.05) is 0 Å². The fraction of sp³-hybridized carbons (Fsp3) is 0.870. The molecule has 25 heavy (non-hydrogen) atoms. The van der Waals surface area contributed by atoms with E-state index < -0.39 is 0 Å². The van der Waals surface area contributed by atoms with Crippen molar-refractivity contribution in [3.63, 3.8) is 0 Å². The number of hydrogen-bond donors (Lipinski definition) is 0. The third-order valence-corrected chi connectivity index (χ3v) is 6.19. The Balaban J connectivity index is 1.82. The van der Waals surface area contributed by atoms with Gasteiger partial charge in [-0.15, -0.1) is 0 Å². The molecule has 0 aromatic heterocycles. The van der Waals surface area contributed by atoms with Crippen LogP contribution in [0, 0.1) is 5.92 Å². The molecule has 0 aromatic rings. The third kappa shape index (κ3) is 8.42. The molecule has 0 amide bonds. The number of hydrogen-bond acceptors (Lipinski definition) is 2. The highest BCUT2D eigenvalue weighted by molar-refractivity contribution is 5.88. The molecule has 0 aliphatic heterocycles. The number of ether oxygens (including phenoxy) is 1. The van der Waals surface area contributed by atoms with Crippen molar-refractivity contribution in [3.05, 3.63) is 12.2 Å². The SMILES string of the molecule is C=C(C(=O)OC1CCCCCCCCC1)C1CCCCCCCCC1. The molecule has 0 aromatic carbocycles. The van der Waals surface area contributed by atoms with Gasteiger partial charge in [0, 0.05) is 5.57 Å². The van der Waals surface area contributed by atoms with Crippen LogP contribution in [0.2, 0.25) is 0 Å². The molecule has 2 nitrogen and oxygen atoms in total. The Morgan fingerprint density at radius 3 is 1.40 bits per heavy atom. The molecule has 2 heteroatoms. The van der Waals surface area contributed by atoms with Crippen LogP contribution in [0.1, 0.15) is 116 Å². The molecule has 0 saturated heterocycles. The fourth-order valence-corrected chi connectivity index (χ4v) is 4.44. The van der Waals surface area contributed by atoms with Crippen LogP contribution < -0.4 is 0 Å². The van der Waals surface area contributed by atoms with Crippen LogP contribution in [0.3, 0.4) is 0 Å². The van der Waals surface area contributed by atoms with E-state index in [1.54, 1.807) is 0 Å². The average molecular weight is 349 g/mol. The highest BCUT2D eigenvalue weighted by Gasteiger charge is 2.23. The second kappa shape index (κ2) is 12.5. The second-order valence-corrected chi connectivity index (χ2v) is 8.35. The molecule has 2 aliphatic carbocycles. The van der Waals surface area contributed by atoms with Crippen molar-refractivity contribution in [2.24, 2.45) is 5.92 Å². The lowest BCUT2D eigenvalue weighted by Gasteiger charge is -2.23. The standard InChI is InChI=1S/C23H40O2/c1-20(21-16-12-8-4-2-5-9-13-17-21)23(24)25-22-18-14-10-6-3-7-11-15-19-22/h21-22H,1-19H2. The predicted molar refractivity (Wildman–Crippen MR) is 106 cm³/mol. The fourth-order valence-electron chi connectivity index (χ4n) is 4.44. The van der Waals surface area contributed by atoms with Gasteiger partial charge in [-0.3, -0.25) is 0 Å². The Morgan fingerprint density at radius 2 is 0.960 bits per heavy atom. The summed E-state index contributed by atoms with van der Waals surface area (Å²) in [6.45, 7) is 4.17. The lowest BCUT2D eigenvalue weighted by atomic mass is 9.87. The molecule has 2 fully saturated rings. The number of carbonyl (C=O) groups is 1. The summed E-state index contributed by atoms with van der Waals surface area (Å²) in [6, 6.07) is 0. The average Bonchev–Trinajstić information content (AvgIpc) is 2.64. The Labute approximate surface area is 155 Å². The Bertz CT molecular complexity index is 368. The van der Waals surface area contributed by atoms with E-state index in [4.69, 9.17) is 4.74 Å². The van der Waals surface area contributed by atoms with Crippen LogP contribution in [0.15, 0.2) is 12.2 Å². The summed E-state index contributed by atoms with van der Waals surface area (Å²) in [7, 11) is 0. The van der Waals surface area contributed by atoms with E-state index in [0.29, 0.717) is 5.92 Å². The molecule has 144 valence electrons. The summed E-state index contributed by atoms with van der Waals surface area (Å²) in [5.41, 5.74) is 0.762. The quantitative estimate of drug-likeness (QED) is 0.401. The normalized spacial score (nSPS) is 23.5. The Kier molecular flexibility index (Phi) is 10.3. The highest BCUT2D eigenvalue weighted by atomic mass is 16.5. The number of rotatable bonds is 3. The minimum atomic E-state index is -0.0934. The highest BCUT2D eigenvalue weighted by Crippen LogP contribution is 2.28. The van der Waals surface area contributed by atoms with Gasteiger partial charge in [0.05, 0.1) is 0 Å². The molecule has 2 saturated carbocycles.